The van der Waals surface area contributed by atoms with Crippen LogP contribution < -0.4 is 0 Å². The van der Waals surface area contributed by atoms with E-state index in [9.17, 15) is 9.59 Å². The average molecular weight is 633 g/mol. The first-order valence-electron chi connectivity index (χ1n) is 16.1. The monoisotopic (exact) mass is 631 g/mol. The van der Waals surface area contributed by atoms with Crippen molar-refractivity contribution in [2.75, 3.05) is 39.8 Å². The zero-order chi connectivity index (χ0) is 30.9. The molecule has 3 aliphatic rings. The minimum absolute atomic E-state index is 0.0631. The van der Waals surface area contributed by atoms with E-state index in [0.717, 1.165) is 81.5 Å². The van der Waals surface area contributed by atoms with E-state index < -0.39 is 10.8 Å². The number of hydrogen-bond donors (Lipinski definition) is 0. The number of rotatable bonds is 8. The topological polar surface area (TPSA) is 43.9 Å². The maximum atomic E-state index is 14.4. The summed E-state index contributed by atoms with van der Waals surface area (Å²) in [5.41, 5.74) is 2.05. The highest BCUT2D eigenvalue weighted by Crippen LogP contribution is 2.57. The Kier molecular flexibility index (Phi) is 9.10. The van der Waals surface area contributed by atoms with Crippen LogP contribution in [0.2, 0.25) is 10.0 Å². The molecule has 1 aliphatic carbocycles. The van der Waals surface area contributed by atoms with Gasteiger partial charge in [-0.2, -0.15) is 0 Å². The van der Waals surface area contributed by atoms with Gasteiger partial charge < -0.3 is 14.7 Å². The Labute approximate surface area is 272 Å². The van der Waals surface area contributed by atoms with Crippen LogP contribution in [0.25, 0.3) is 0 Å². The minimum Gasteiger partial charge on any atom is -0.342 e. The van der Waals surface area contributed by atoms with Gasteiger partial charge in [-0.15, -0.1) is 0 Å². The second-order valence-corrected chi connectivity index (χ2v) is 13.9. The van der Waals surface area contributed by atoms with Crippen molar-refractivity contribution in [3.8, 4) is 0 Å². The lowest BCUT2D eigenvalue weighted by Crippen LogP contribution is -2.54. The minimum atomic E-state index is -0.649. The van der Waals surface area contributed by atoms with E-state index in [1.54, 1.807) is 0 Å². The summed E-state index contributed by atoms with van der Waals surface area (Å²) in [6.07, 6.45) is 5.73. The summed E-state index contributed by atoms with van der Waals surface area (Å²) < 4.78 is 0. The summed E-state index contributed by atoms with van der Waals surface area (Å²) in [6, 6.07) is 26.2. The summed E-state index contributed by atoms with van der Waals surface area (Å²) in [5, 5.41) is 0.968. The SMILES string of the molecule is C[C@@H](c1ccccc1)N(C)C(=O)[C@@]1(c2ccc(Cl)c(Cl)c2)C[C@H]1CN1CCC(C(=O)N2CCCCC2)(c2ccccc2)CC1. The van der Waals surface area contributed by atoms with Gasteiger partial charge in [-0.25, -0.2) is 0 Å². The van der Waals surface area contributed by atoms with E-state index in [-0.39, 0.29) is 17.9 Å². The molecular weight excluding hydrogens is 589 g/mol. The fourth-order valence-electron chi connectivity index (χ4n) is 7.72. The summed E-state index contributed by atoms with van der Waals surface area (Å²) in [4.78, 5) is 35.1. The molecule has 0 aromatic heterocycles. The summed E-state index contributed by atoms with van der Waals surface area (Å²) >= 11 is 12.8. The molecule has 3 aromatic carbocycles. The molecule has 2 saturated heterocycles. The van der Waals surface area contributed by atoms with Gasteiger partial charge in [0.2, 0.25) is 11.8 Å². The van der Waals surface area contributed by atoms with Crippen LogP contribution in [-0.4, -0.2) is 66.3 Å². The van der Waals surface area contributed by atoms with Gasteiger partial charge in [-0.05, 0) is 93.3 Å². The number of likely N-dealkylation sites (N-methyl/N-ethyl adjacent to an activating group) is 1. The van der Waals surface area contributed by atoms with Gasteiger partial charge in [-0.3, -0.25) is 9.59 Å². The maximum absolute atomic E-state index is 14.4. The zero-order valence-corrected chi connectivity index (χ0v) is 27.4. The number of likely N-dealkylation sites (tertiary alicyclic amines) is 2. The first kappa shape index (κ1) is 31.1. The Hall–Kier alpha value is -2.86. The first-order valence-corrected chi connectivity index (χ1v) is 16.9. The van der Waals surface area contributed by atoms with Crippen molar-refractivity contribution in [2.24, 2.45) is 5.92 Å². The third-order valence-corrected chi connectivity index (χ3v) is 11.4. The molecule has 0 radical (unpaired) electrons. The van der Waals surface area contributed by atoms with E-state index in [2.05, 4.69) is 53.1 Å². The van der Waals surface area contributed by atoms with Crippen molar-refractivity contribution in [1.29, 1.82) is 0 Å². The summed E-state index contributed by atoms with van der Waals surface area (Å²) in [5.74, 6) is 0.569. The van der Waals surface area contributed by atoms with Gasteiger partial charge in [0.1, 0.15) is 0 Å². The average Bonchev–Trinajstić information content (AvgIpc) is 3.80. The Morgan fingerprint density at radius 3 is 2.11 bits per heavy atom. The normalized spacial score (nSPS) is 24.0. The van der Waals surface area contributed by atoms with E-state index in [1.807, 2.05) is 54.4 Å². The maximum Gasteiger partial charge on any atom is 0.233 e. The number of benzene rings is 3. The molecule has 3 fully saturated rings. The highest BCUT2D eigenvalue weighted by Gasteiger charge is 2.62. The summed E-state index contributed by atoms with van der Waals surface area (Å²) in [6.45, 7) is 6.27. The molecule has 0 unspecified atom stereocenters. The van der Waals surface area contributed by atoms with Crippen LogP contribution >= 0.6 is 23.2 Å². The van der Waals surface area contributed by atoms with Gasteiger partial charge in [0.15, 0.2) is 0 Å². The number of piperidine rings is 2. The molecule has 44 heavy (non-hydrogen) atoms. The van der Waals surface area contributed by atoms with Gasteiger partial charge in [0.25, 0.3) is 0 Å². The van der Waals surface area contributed by atoms with E-state index in [0.29, 0.717) is 16.0 Å². The molecule has 0 bridgehead atoms. The Morgan fingerprint density at radius 2 is 1.48 bits per heavy atom. The molecule has 3 aromatic rings. The second kappa shape index (κ2) is 12.9. The Morgan fingerprint density at radius 1 is 0.841 bits per heavy atom. The quantitative estimate of drug-likeness (QED) is 0.258. The Bertz CT molecular complexity index is 1470. The fourth-order valence-corrected chi connectivity index (χ4v) is 8.02. The lowest BCUT2D eigenvalue weighted by atomic mass is 9.71. The highest BCUT2D eigenvalue weighted by molar-refractivity contribution is 6.42. The number of amides is 2. The number of hydrogen-bond acceptors (Lipinski definition) is 3. The first-order chi connectivity index (χ1) is 21.3. The standard InChI is InChI=1S/C37H43Cl2N3O2/c1-27(28-12-6-3-7-13-28)40(2)35(44)37(30-16-17-32(38)33(39)24-30)25-31(37)26-41-22-18-36(19-23-41,29-14-8-4-9-15-29)34(43)42-20-10-5-11-21-42/h3-4,6-9,12-17,24,27,31H,5,10-11,18-23,25-26H2,1-2H3/t27-,31-,37+/m0/s1. The van der Waals surface area contributed by atoms with Crippen LogP contribution in [0.15, 0.2) is 78.9 Å². The van der Waals surface area contributed by atoms with Gasteiger partial charge in [-0.1, -0.05) is 89.9 Å². The van der Waals surface area contributed by atoms with Gasteiger partial charge in [0, 0.05) is 26.7 Å². The van der Waals surface area contributed by atoms with Crippen LogP contribution in [0.3, 0.4) is 0 Å². The van der Waals surface area contributed by atoms with Crippen LogP contribution in [0.4, 0.5) is 0 Å². The molecule has 2 amide bonds. The molecule has 0 spiro atoms. The molecule has 5 nitrogen and oxygen atoms in total. The predicted octanol–water partition coefficient (Wildman–Crippen LogP) is 7.52. The van der Waals surface area contributed by atoms with Crippen molar-refractivity contribution in [3.05, 3.63) is 106 Å². The van der Waals surface area contributed by atoms with E-state index in [1.165, 1.54) is 6.42 Å². The molecule has 1 saturated carbocycles. The van der Waals surface area contributed by atoms with Crippen molar-refractivity contribution < 1.29 is 9.59 Å². The van der Waals surface area contributed by atoms with Crippen LogP contribution in [0.5, 0.6) is 0 Å². The van der Waals surface area contributed by atoms with Crippen molar-refractivity contribution in [1.82, 2.24) is 14.7 Å². The van der Waals surface area contributed by atoms with Gasteiger partial charge >= 0.3 is 0 Å². The fraction of sp³-hybridized carbons (Fsp3) is 0.459. The molecule has 7 heteroatoms. The Balaban J connectivity index is 1.22. The predicted molar refractivity (Wildman–Crippen MR) is 178 cm³/mol. The van der Waals surface area contributed by atoms with E-state index in [4.69, 9.17) is 23.2 Å². The van der Waals surface area contributed by atoms with Gasteiger partial charge in [0.05, 0.1) is 26.9 Å². The lowest BCUT2D eigenvalue weighted by Gasteiger charge is -2.44. The summed E-state index contributed by atoms with van der Waals surface area (Å²) in [7, 11) is 1.91. The third-order valence-electron chi connectivity index (χ3n) is 10.7. The molecule has 0 N–H and O–H groups in total. The number of nitrogens with zero attached hydrogens (tertiary/aromatic N) is 3. The van der Waals surface area contributed by atoms with Crippen LogP contribution in [0, 0.1) is 5.92 Å². The number of carbonyl (C=O) groups is 2. The molecule has 232 valence electrons. The van der Waals surface area contributed by atoms with Crippen LogP contribution in [0.1, 0.15) is 68.2 Å². The molecule has 2 aliphatic heterocycles. The van der Waals surface area contributed by atoms with Crippen molar-refractivity contribution in [3.63, 3.8) is 0 Å². The van der Waals surface area contributed by atoms with Crippen molar-refractivity contribution >= 4 is 35.0 Å². The number of halogens is 2. The molecule has 2 heterocycles. The highest BCUT2D eigenvalue weighted by atomic mass is 35.5. The van der Waals surface area contributed by atoms with Crippen LogP contribution in [-0.2, 0) is 20.4 Å². The third kappa shape index (κ3) is 5.79. The second-order valence-electron chi connectivity index (χ2n) is 13.1. The number of carbonyl (C=O) groups excluding carboxylic acids is 2. The molecular formula is C37H43Cl2N3O2. The molecule has 3 atom stereocenters. The lowest BCUT2D eigenvalue weighted by molar-refractivity contribution is -0.140. The largest absolute Gasteiger partial charge is 0.342 e. The smallest absolute Gasteiger partial charge is 0.233 e. The molecule has 6 rings (SSSR count). The van der Waals surface area contributed by atoms with E-state index >= 15 is 0 Å². The van der Waals surface area contributed by atoms with Crippen molar-refractivity contribution in [2.45, 2.75) is 62.3 Å². The zero-order valence-electron chi connectivity index (χ0n) is 25.9.